The van der Waals surface area contributed by atoms with Gasteiger partial charge in [0.2, 0.25) is 0 Å². The summed E-state index contributed by atoms with van der Waals surface area (Å²) in [7, 11) is 0. The molecule has 2 aromatic carbocycles. The molecule has 3 heterocycles. The number of nitrogens with one attached hydrogen (secondary N) is 1. The number of aromatic amines is 1. The van der Waals surface area contributed by atoms with E-state index in [1.54, 1.807) is 29.2 Å². The summed E-state index contributed by atoms with van der Waals surface area (Å²) in [6.45, 7) is 0. The summed E-state index contributed by atoms with van der Waals surface area (Å²) in [6.07, 6.45) is 3.66. The third-order valence-electron chi connectivity index (χ3n) is 4.66. The average Bonchev–Trinajstić information content (AvgIpc) is 3.37. The van der Waals surface area contributed by atoms with Crippen LogP contribution < -0.4 is 5.56 Å². The monoisotopic (exact) mass is 368 g/mol. The summed E-state index contributed by atoms with van der Waals surface area (Å²) < 4.78 is 15.3. The van der Waals surface area contributed by atoms with Crippen molar-refractivity contribution in [3.63, 3.8) is 0 Å². The second kappa shape index (κ2) is 6.70. The van der Waals surface area contributed by atoms with Crippen molar-refractivity contribution in [2.45, 2.75) is 6.42 Å². The van der Waals surface area contributed by atoms with Crippen LogP contribution in [0.2, 0.25) is 0 Å². The first-order valence-electron chi connectivity index (χ1n) is 9.49. The van der Waals surface area contributed by atoms with Gasteiger partial charge in [-0.05, 0) is 17.7 Å². The van der Waals surface area contributed by atoms with Crippen molar-refractivity contribution < 1.29 is 5.79 Å². The summed E-state index contributed by atoms with van der Waals surface area (Å²) in [5.41, 5.74) is 3.26. The molecule has 5 nitrogen and oxygen atoms in total. The predicted octanol–water partition coefficient (Wildman–Crippen LogP) is 4.52. The highest BCUT2D eigenvalue weighted by Gasteiger charge is 2.21. The minimum atomic E-state index is -0.189. The highest BCUT2D eigenvalue weighted by molar-refractivity contribution is 5.71. The van der Waals surface area contributed by atoms with Crippen LogP contribution in [0.4, 0.5) is 0 Å². The van der Waals surface area contributed by atoms with Crippen LogP contribution in [0.3, 0.4) is 0 Å². The van der Waals surface area contributed by atoms with Gasteiger partial charge in [-0.2, -0.15) is 0 Å². The van der Waals surface area contributed by atoms with Gasteiger partial charge in [-0.25, -0.2) is 4.98 Å². The second-order valence-electron chi connectivity index (χ2n) is 6.50. The lowest BCUT2D eigenvalue weighted by molar-refractivity contribution is 0.519. The van der Waals surface area contributed by atoms with Crippen molar-refractivity contribution in [1.29, 1.82) is 0 Å². The number of H-pyrrole nitrogens is 1. The normalized spacial score (nSPS) is 11.6. The van der Waals surface area contributed by atoms with Gasteiger partial charge in [0.25, 0.3) is 5.56 Å². The molecule has 1 N–H and O–H groups in total. The molecule has 0 atom stereocenters. The van der Waals surface area contributed by atoms with Gasteiger partial charge in [-0.15, -0.1) is 0 Å². The lowest BCUT2D eigenvalue weighted by Crippen LogP contribution is -2.16. The number of fused-ring (bicyclic) bond motifs is 1. The summed E-state index contributed by atoms with van der Waals surface area (Å²) in [5, 5.41) is 0. The topological polar surface area (TPSA) is 63.8 Å². The van der Waals surface area contributed by atoms with Crippen LogP contribution >= 0.6 is 0 Å². The molecule has 0 amide bonds. The van der Waals surface area contributed by atoms with Crippen molar-refractivity contribution >= 4 is 0 Å². The van der Waals surface area contributed by atoms with E-state index < -0.39 is 0 Å². The number of benzene rings is 2. The van der Waals surface area contributed by atoms with Crippen LogP contribution in [0.1, 0.15) is 12.8 Å². The number of imidazole rings is 1. The molecule has 0 bridgehead atoms. The Morgan fingerprint density at radius 2 is 1.79 bits per heavy atom. The highest BCUT2D eigenvalue weighted by atomic mass is 16.3. The first kappa shape index (κ1) is 15.2. The maximum atomic E-state index is 13.1. The largest absolute Gasteiger partial charge is 0.469 e. The fourth-order valence-electron chi connectivity index (χ4n) is 3.31. The number of nitrogens with zero attached hydrogens (tertiary/aromatic N) is 2. The maximum Gasteiger partial charge on any atom is 0.278 e. The first-order valence-corrected chi connectivity index (χ1v) is 8.99. The fraction of sp³-hybridized carbons (Fsp3) is 0.0435. The molecular formula is C23H17N3O2. The zero-order chi connectivity index (χ0) is 19.8. The van der Waals surface area contributed by atoms with Gasteiger partial charge >= 0.3 is 0 Å². The number of aromatic nitrogens is 3. The van der Waals surface area contributed by atoms with Gasteiger partial charge in [0, 0.05) is 11.8 Å². The SMILES string of the molecule is [2H]c1ccccc1-c1[nH]c(-c2ccccc2)cn2c(=O)c(Cc3ccco3)nc1-2. The Morgan fingerprint density at radius 3 is 2.54 bits per heavy atom. The molecule has 2 aliphatic heterocycles. The number of hydrogen-bond donors (Lipinski definition) is 1. The Balaban J connectivity index is 1.77. The van der Waals surface area contributed by atoms with Gasteiger partial charge in [0.05, 0.1) is 25.4 Å². The molecule has 0 spiro atoms. The van der Waals surface area contributed by atoms with E-state index in [4.69, 9.17) is 5.79 Å². The van der Waals surface area contributed by atoms with Crippen molar-refractivity contribution in [1.82, 2.24) is 14.5 Å². The molecule has 0 saturated heterocycles. The molecule has 3 aromatic rings. The second-order valence-corrected chi connectivity index (χ2v) is 6.50. The Morgan fingerprint density at radius 1 is 1.00 bits per heavy atom. The molecule has 136 valence electrons. The number of rotatable bonds is 4. The van der Waals surface area contributed by atoms with E-state index in [9.17, 15) is 4.79 Å². The third-order valence-corrected chi connectivity index (χ3v) is 4.66. The summed E-state index contributed by atoms with van der Waals surface area (Å²) in [4.78, 5) is 21.1. The zero-order valence-corrected chi connectivity index (χ0v) is 14.9. The van der Waals surface area contributed by atoms with Crippen LogP contribution in [0.5, 0.6) is 0 Å². The van der Waals surface area contributed by atoms with Crippen LogP contribution in [0.15, 0.2) is 94.4 Å². The van der Waals surface area contributed by atoms with Gasteiger partial charge in [-0.3, -0.25) is 9.36 Å². The maximum absolute atomic E-state index is 13.1. The van der Waals surface area contributed by atoms with Crippen LogP contribution in [-0.4, -0.2) is 14.5 Å². The van der Waals surface area contributed by atoms with Crippen molar-refractivity contribution in [2.24, 2.45) is 0 Å². The van der Waals surface area contributed by atoms with Gasteiger partial charge in [0.1, 0.15) is 11.5 Å². The van der Waals surface area contributed by atoms with E-state index >= 15 is 0 Å². The standard InChI is InChI=1S/C23H17N3O2/c27-23-19(14-18-12-7-13-28-18)25-22-21(17-10-5-2-6-11-17)24-20(15-26(22)23)16-8-3-1-4-9-16/h1-13,15,24H,14H2/i10D. The van der Waals surface area contributed by atoms with E-state index in [-0.39, 0.29) is 5.56 Å². The minimum Gasteiger partial charge on any atom is -0.469 e. The van der Waals surface area contributed by atoms with Crippen LogP contribution in [0.25, 0.3) is 28.3 Å². The fourth-order valence-corrected chi connectivity index (χ4v) is 3.31. The quantitative estimate of drug-likeness (QED) is 0.507. The smallest absolute Gasteiger partial charge is 0.278 e. The molecule has 2 aliphatic rings. The minimum absolute atomic E-state index is 0.189. The predicted molar refractivity (Wildman–Crippen MR) is 108 cm³/mol. The molecule has 5 rings (SSSR count). The van der Waals surface area contributed by atoms with E-state index in [0.29, 0.717) is 41.0 Å². The summed E-state index contributed by atoms with van der Waals surface area (Å²) in [5.74, 6) is 1.18. The Bertz CT molecular complexity index is 1300. The van der Waals surface area contributed by atoms with Gasteiger partial charge in [-0.1, -0.05) is 60.6 Å². The molecule has 0 saturated carbocycles. The van der Waals surface area contributed by atoms with Crippen molar-refractivity contribution in [3.8, 4) is 28.3 Å². The third kappa shape index (κ3) is 2.83. The average molecular weight is 368 g/mol. The van der Waals surface area contributed by atoms with Gasteiger partial charge < -0.3 is 9.40 Å². The lowest BCUT2D eigenvalue weighted by atomic mass is 10.1. The molecule has 28 heavy (non-hydrogen) atoms. The molecule has 0 aliphatic carbocycles. The van der Waals surface area contributed by atoms with Crippen LogP contribution in [0, 0.1) is 0 Å². The molecule has 0 fully saturated rings. The molecule has 1 aromatic heterocycles. The molecular weight excluding hydrogens is 350 g/mol. The van der Waals surface area contributed by atoms with Crippen LogP contribution in [-0.2, 0) is 6.42 Å². The summed E-state index contributed by atoms with van der Waals surface area (Å²) in [6, 6.07) is 21.0. The number of hydrogen-bond acceptors (Lipinski definition) is 3. The molecule has 0 unspecified atom stereocenters. The zero-order valence-electron chi connectivity index (χ0n) is 15.9. The Hall–Kier alpha value is -3.86. The Kier molecular flexibility index (Phi) is 3.64. The van der Waals surface area contributed by atoms with Gasteiger partial charge in [0.15, 0.2) is 5.82 Å². The van der Waals surface area contributed by atoms with Crippen molar-refractivity contribution in [2.75, 3.05) is 0 Å². The van der Waals surface area contributed by atoms with E-state index in [1.807, 2.05) is 54.6 Å². The highest BCUT2D eigenvalue weighted by Crippen LogP contribution is 2.28. The molecule has 5 heteroatoms. The molecule has 0 radical (unpaired) electrons. The van der Waals surface area contributed by atoms with Crippen molar-refractivity contribution in [3.05, 3.63) is 107 Å². The first-order chi connectivity index (χ1) is 14.2. The van der Waals surface area contributed by atoms with E-state index in [1.165, 1.54) is 0 Å². The lowest BCUT2D eigenvalue weighted by Gasteiger charge is -2.13. The number of furan rings is 1. The van der Waals surface area contributed by atoms with E-state index in [2.05, 4.69) is 9.97 Å². The van der Waals surface area contributed by atoms with E-state index in [0.717, 1.165) is 11.3 Å². The Labute approximate surface area is 162 Å². The summed E-state index contributed by atoms with van der Waals surface area (Å²) >= 11 is 0.